The monoisotopic (exact) mass is 444 g/mol. The van der Waals surface area contributed by atoms with Crippen molar-refractivity contribution in [1.29, 1.82) is 10.8 Å². The lowest BCUT2D eigenvalue weighted by Gasteiger charge is -2.25. The van der Waals surface area contributed by atoms with Crippen LogP contribution in [0.4, 0.5) is 0 Å². The molecule has 1 aromatic carbocycles. The Bertz CT molecular complexity index is 719. The Kier molecular flexibility index (Phi) is 11.8. The smallest absolute Gasteiger partial charge is 0.188 e. The van der Waals surface area contributed by atoms with Gasteiger partial charge in [-0.1, -0.05) is 25.7 Å². The lowest BCUT2D eigenvalue weighted by molar-refractivity contribution is 0.322. The average Bonchev–Trinajstić information content (AvgIpc) is 2.78. The van der Waals surface area contributed by atoms with Crippen molar-refractivity contribution in [1.82, 2.24) is 20.9 Å². The average molecular weight is 445 g/mol. The van der Waals surface area contributed by atoms with Gasteiger partial charge in [-0.3, -0.25) is 15.8 Å². The number of rotatable bonds is 14. The van der Waals surface area contributed by atoms with Crippen molar-refractivity contribution in [3.05, 3.63) is 29.8 Å². The molecular formula is C23H40N8O. The molecule has 7 N–H and O–H groups in total. The molecule has 1 aliphatic heterocycles. The van der Waals surface area contributed by atoms with Gasteiger partial charge in [0.1, 0.15) is 18.2 Å². The van der Waals surface area contributed by atoms with E-state index in [1.54, 1.807) is 0 Å². The van der Waals surface area contributed by atoms with Gasteiger partial charge in [-0.2, -0.15) is 0 Å². The molecular weight excluding hydrogens is 404 g/mol. The van der Waals surface area contributed by atoms with Crippen molar-refractivity contribution in [2.75, 3.05) is 46.4 Å². The summed E-state index contributed by atoms with van der Waals surface area (Å²) in [7, 11) is 2.08. The third kappa shape index (κ3) is 10.4. The standard InChI is InChI=1S/C23H40N8O/c1-31-17-8-15-27-21(31)19-9-11-20(12-10-19)32-18-16-30-23(26)29-14-7-5-3-2-4-6-13-28-22(24)25/h9-12H,2-8,13-18H2,1H3,(H4,24,25,28)(H3,26,29,30). The Balaban J connectivity index is 1.46. The Morgan fingerprint density at radius 3 is 2.25 bits per heavy atom. The molecule has 0 aromatic heterocycles. The van der Waals surface area contributed by atoms with Crippen molar-refractivity contribution in [3.63, 3.8) is 0 Å². The molecule has 0 saturated heterocycles. The van der Waals surface area contributed by atoms with Crippen molar-refractivity contribution in [3.8, 4) is 5.75 Å². The number of ether oxygens (including phenoxy) is 1. The van der Waals surface area contributed by atoms with E-state index in [4.69, 9.17) is 21.3 Å². The molecule has 0 atom stereocenters. The van der Waals surface area contributed by atoms with Gasteiger partial charge in [0, 0.05) is 38.8 Å². The summed E-state index contributed by atoms with van der Waals surface area (Å²) in [5, 5.41) is 24.0. The summed E-state index contributed by atoms with van der Waals surface area (Å²) >= 11 is 0. The lowest BCUT2D eigenvalue weighted by Crippen LogP contribution is -2.38. The zero-order valence-corrected chi connectivity index (χ0v) is 19.4. The number of amidine groups is 1. The third-order valence-corrected chi connectivity index (χ3v) is 5.28. The second-order valence-electron chi connectivity index (χ2n) is 8.04. The van der Waals surface area contributed by atoms with Gasteiger partial charge in [-0.15, -0.1) is 0 Å². The minimum absolute atomic E-state index is 0.0475. The van der Waals surface area contributed by atoms with E-state index in [0.717, 1.165) is 75.4 Å². The number of nitrogens with zero attached hydrogens (tertiary/aromatic N) is 2. The maximum atomic E-state index is 7.93. The van der Waals surface area contributed by atoms with Crippen molar-refractivity contribution in [2.45, 2.75) is 44.9 Å². The number of unbranched alkanes of at least 4 members (excludes halogenated alkanes) is 5. The molecule has 0 aliphatic carbocycles. The van der Waals surface area contributed by atoms with E-state index >= 15 is 0 Å². The van der Waals surface area contributed by atoms with Gasteiger partial charge in [0.2, 0.25) is 0 Å². The normalized spacial score (nSPS) is 13.3. The highest BCUT2D eigenvalue weighted by molar-refractivity contribution is 5.99. The van der Waals surface area contributed by atoms with Crippen LogP contribution in [0.25, 0.3) is 0 Å². The van der Waals surface area contributed by atoms with Crippen LogP contribution in [0.5, 0.6) is 5.75 Å². The summed E-state index contributed by atoms with van der Waals surface area (Å²) in [5.74, 6) is 2.26. The number of benzene rings is 1. The molecule has 0 radical (unpaired) electrons. The van der Waals surface area contributed by atoms with E-state index in [9.17, 15) is 0 Å². The molecule has 32 heavy (non-hydrogen) atoms. The van der Waals surface area contributed by atoms with Crippen molar-refractivity contribution >= 4 is 17.8 Å². The molecule has 9 heteroatoms. The van der Waals surface area contributed by atoms with Crippen LogP contribution in [0.15, 0.2) is 29.3 Å². The third-order valence-electron chi connectivity index (χ3n) is 5.28. The minimum Gasteiger partial charge on any atom is -0.492 e. The highest BCUT2D eigenvalue weighted by Crippen LogP contribution is 2.15. The van der Waals surface area contributed by atoms with Crippen LogP contribution in [0.1, 0.15) is 50.5 Å². The fourth-order valence-electron chi connectivity index (χ4n) is 3.53. The molecule has 9 nitrogen and oxygen atoms in total. The Hall–Kier alpha value is -2.97. The molecule has 0 amide bonds. The summed E-state index contributed by atoms with van der Waals surface area (Å²) in [4.78, 5) is 6.81. The first-order valence-corrected chi connectivity index (χ1v) is 11.7. The quantitative estimate of drug-likeness (QED) is 0.148. The number of nitrogens with one attached hydrogen (secondary N) is 5. The van der Waals surface area contributed by atoms with Gasteiger partial charge in [-0.25, -0.2) is 0 Å². The van der Waals surface area contributed by atoms with Crippen molar-refractivity contribution in [2.24, 2.45) is 10.7 Å². The highest BCUT2D eigenvalue weighted by Gasteiger charge is 2.12. The van der Waals surface area contributed by atoms with Crippen LogP contribution in [0, 0.1) is 10.8 Å². The molecule has 1 heterocycles. The van der Waals surface area contributed by atoms with E-state index < -0.39 is 0 Å². The van der Waals surface area contributed by atoms with E-state index in [0.29, 0.717) is 19.1 Å². The van der Waals surface area contributed by atoms with Crippen LogP contribution in [0.3, 0.4) is 0 Å². The molecule has 0 fully saturated rings. The van der Waals surface area contributed by atoms with Crippen LogP contribution in [-0.4, -0.2) is 69.0 Å². The fraction of sp³-hybridized carbons (Fsp3) is 0.609. The zero-order valence-electron chi connectivity index (χ0n) is 19.4. The van der Waals surface area contributed by atoms with E-state index in [1.165, 1.54) is 12.8 Å². The molecule has 1 aromatic rings. The largest absolute Gasteiger partial charge is 0.492 e. The molecule has 1 aliphatic rings. The van der Waals surface area contributed by atoms with Gasteiger partial charge in [0.05, 0.1) is 6.54 Å². The van der Waals surface area contributed by atoms with Crippen LogP contribution >= 0.6 is 0 Å². The first-order chi connectivity index (χ1) is 15.6. The second-order valence-corrected chi connectivity index (χ2v) is 8.04. The van der Waals surface area contributed by atoms with Gasteiger partial charge in [0.15, 0.2) is 11.9 Å². The summed E-state index contributed by atoms with van der Waals surface area (Å²) in [6.07, 6.45) is 7.91. The van der Waals surface area contributed by atoms with E-state index in [2.05, 4.69) is 45.0 Å². The van der Waals surface area contributed by atoms with Gasteiger partial charge in [-0.05, 0) is 43.5 Å². The number of nitrogens with two attached hydrogens (primary N) is 1. The zero-order chi connectivity index (χ0) is 23.0. The minimum atomic E-state index is 0.0475. The van der Waals surface area contributed by atoms with Gasteiger partial charge in [0.25, 0.3) is 0 Å². The predicted molar refractivity (Wildman–Crippen MR) is 132 cm³/mol. The Morgan fingerprint density at radius 1 is 0.969 bits per heavy atom. The first-order valence-electron chi connectivity index (χ1n) is 11.7. The van der Waals surface area contributed by atoms with E-state index in [-0.39, 0.29) is 5.96 Å². The van der Waals surface area contributed by atoms with Crippen molar-refractivity contribution < 1.29 is 4.74 Å². The summed E-state index contributed by atoms with van der Waals surface area (Å²) in [6.45, 7) is 4.61. The van der Waals surface area contributed by atoms with Crippen LogP contribution in [-0.2, 0) is 0 Å². The molecule has 0 saturated carbocycles. The number of aliphatic imine (C=N–C) groups is 1. The maximum Gasteiger partial charge on any atom is 0.188 e. The molecule has 0 bridgehead atoms. The number of hydrogen-bond acceptors (Lipinski definition) is 5. The summed E-state index contributed by atoms with van der Waals surface area (Å²) < 4.78 is 5.77. The molecule has 0 unspecified atom stereocenters. The fourth-order valence-corrected chi connectivity index (χ4v) is 3.53. The summed E-state index contributed by atoms with van der Waals surface area (Å²) in [6, 6.07) is 8.06. The predicted octanol–water partition coefficient (Wildman–Crippen LogP) is 2.09. The SMILES string of the molecule is CN1CCCN=C1c1ccc(OCCNC(=N)NCCCCCCCCNC(=N)N)cc1. The number of hydrogen-bond donors (Lipinski definition) is 6. The first kappa shape index (κ1) is 25.3. The Morgan fingerprint density at radius 2 is 1.59 bits per heavy atom. The Labute approximate surface area is 192 Å². The summed E-state index contributed by atoms with van der Waals surface area (Å²) in [5.41, 5.74) is 6.36. The van der Waals surface area contributed by atoms with Gasteiger partial charge < -0.3 is 31.3 Å². The lowest BCUT2D eigenvalue weighted by atomic mass is 10.1. The van der Waals surface area contributed by atoms with Crippen LogP contribution < -0.4 is 26.4 Å². The number of guanidine groups is 2. The highest BCUT2D eigenvalue weighted by atomic mass is 16.5. The second kappa shape index (κ2) is 14.9. The van der Waals surface area contributed by atoms with E-state index in [1.807, 2.05) is 12.1 Å². The maximum absolute atomic E-state index is 7.93. The molecule has 178 valence electrons. The van der Waals surface area contributed by atoms with Crippen LogP contribution in [0.2, 0.25) is 0 Å². The topological polar surface area (TPSA) is 135 Å². The molecule has 2 rings (SSSR count). The van der Waals surface area contributed by atoms with Gasteiger partial charge >= 0.3 is 0 Å². The molecule has 0 spiro atoms.